The van der Waals surface area contributed by atoms with Crippen molar-refractivity contribution in [2.75, 3.05) is 23.3 Å². The summed E-state index contributed by atoms with van der Waals surface area (Å²) in [6, 6.07) is 2.92. The van der Waals surface area contributed by atoms with Gasteiger partial charge in [0.25, 0.3) is 5.56 Å². The van der Waals surface area contributed by atoms with Crippen molar-refractivity contribution in [1.82, 2.24) is 24.4 Å². The number of fused-ring (bicyclic) bond motifs is 6. The van der Waals surface area contributed by atoms with Crippen LogP contribution < -0.4 is 21.5 Å². The van der Waals surface area contributed by atoms with Crippen LogP contribution in [0.1, 0.15) is 63.4 Å². The highest BCUT2D eigenvalue weighted by Gasteiger charge is 2.44. The topological polar surface area (TPSA) is 146 Å². The second kappa shape index (κ2) is 11.7. The van der Waals surface area contributed by atoms with E-state index < -0.39 is 46.5 Å². The lowest BCUT2D eigenvalue weighted by molar-refractivity contribution is -0.130. The molecule has 3 aromatic heterocycles. The number of nitrogens with zero attached hydrogens (tertiary/aromatic N) is 5. The quantitative estimate of drug-likeness (QED) is 0.239. The van der Waals surface area contributed by atoms with Crippen LogP contribution in [-0.4, -0.2) is 61.4 Å². The number of H-pyrrole nitrogens is 1. The molecule has 12 nitrogen and oxygen atoms in total. The van der Waals surface area contributed by atoms with Gasteiger partial charge >= 0.3 is 5.76 Å². The second-order valence-electron chi connectivity index (χ2n) is 13.5. The van der Waals surface area contributed by atoms with E-state index in [-0.39, 0.29) is 75.5 Å². The van der Waals surface area contributed by atoms with E-state index in [1.54, 1.807) is 30.9 Å². The fourth-order valence-electron chi connectivity index (χ4n) is 7.29. The number of oxazole rings is 1. The smallest absolute Gasteiger partial charge is 0.407 e. The Balaban J connectivity index is 1.66. The van der Waals surface area contributed by atoms with Gasteiger partial charge in [0, 0.05) is 23.5 Å². The molecule has 50 heavy (non-hydrogen) atoms. The number of rotatable bonds is 5. The van der Waals surface area contributed by atoms with Gasteiger partial charge in [-0.2, -0.15) is 0 Å². The first-order chi connectivity index (χ1) is 23.7. The van der Waals surface area contributed by atoms with E-state index in [0.29, 0.717) is 17.0 Å². The summed E-state index contributed by atoms with van der Waals surface area (Å²) < 4.78 is 41.0. The average Bonchev–Trinajstić information content (AvgIpc) is 3.45. The summed E-state index contributed by atoms with van der Waals surface area (Å²) in [5.74, 6) is -4.30. The SMILES string of the molecule is C=CC(=O)N1CC2C(=O)Nc3c(c4cc(F)c(-c5c(C)ccc6[nH]c(=O)oc56)c(F)c4n(-c4c(C(C)C)ncnc4C(C)C)c3=O)N2CC1C. The molecule has 5 heterocycles. The summed E-state index contributed by atoms with van der Waals surface area (Å²) >= 11 is 0. The first-order valence-corrected chi connectivity index (χ1v) is 16.3. The van der Waals surface area contributed by atoms with Gasteiger partial charge in [0.15, 0.2) is 11.4 Å². The molecule has 258 valence electrons. The van der Waals surface area contributed by atoms with Crippen LogP contribution in [0.4, 0.5) is 20.2 Å². The normalized spacial score (nSPS) is 17.4. The Hall–Kier alpha value is -5.66. The molecule has 0 aliphatic carbocycles. The van der Waals surface area contributed by atoms with Crippen molar-refractivity contribution in [2.45, 2.75) is 65.5 Å². The maximum Gasteiger partial charge on any atom is 0.417 e. The molecule has 2 aliphatic rings. The molecule has 14 heteroatoms. The lowest BCUT2D eigenvalue weighted by Crippen LogP contribution is -2.64. The van der Waals surface area contributed by atoms with E-state index in [1.165, 1.54) is 11.2 Å². The first kappa shape index (κ1) is 32.9. The van der Waals surface area contributed by atoms with Crippen LogP contribution in [0.3, 0.4) is 0 Å². The standard InChI is InChI=1S/C36H35F2N7O5/c1-8-23(46)43-13-22-34(47)42-29-31(44(22)12-18(43)7)19-11-20(37)25(24-17(6)9-10-21-33(24)50-36(49)41-21)26(38)30(19)45(35(29)48)32-27(15(2)3)39-14-40-28(32)16(4)5/h8-11,14-16,18,22H,1,12-13H2,2-7H3,(H,41,49)(H,42,47). The van der Waals surface area contributed by atoms with Crippen molar-refractivity contribution >= 4 is 45.2 Å². The molecule has 0 spiro atoms. The molecule has 1 saturated heterocycles. The van der Waals surface area contributed by atoms with Crippen molar-refractivity contribution in [3.05, 3.63) is 86.7 Å². The van der Waals surface area contributed by atoms with Crippen molar-refractivity contribution < 1.29 is 22.8 Å². The largest absolute Gasteiger partial charge is 0.417 e. The Kier molecular flexibility index (Phi) is 7.72. The molecule has 2 amide bonds. The predicted octanol–water partition coefficient (Wildman–Crippen LogP) is 5.26. The Morgan fingerprint density at radius 3 is 2.36 bits per heavy atom. The summed E-state index contributed by atoms with van der Waals surface area (Å²) in [6.07, 6.45) is 2.55. The number of piperazine rings is 1. The highest BCUT2D eigenvalue weighted by molar-refractivity contribution is 6.12. The van der Waals surface area contributed by atoms with Gasteiger partial charge in [-0.1, -0.05) is 40.3 Å². The molecular weight excluding hydrogens is 648 g/mol. The van der Waals surface area contributed by atoms with Gasteiger partial charge < -0.3 is 19.5 Å². The minimum Gasteiger partial charge on any atom is -0.407 e. The molecule has 5 aromatic rings. The van der Waals surface area contributed by atoms with Gasteiger partial charge in [-0.25, -0.2) is 23.5 Å². The fraction of sp³-hybridized carbons (Fsp3) is 0.333. The first-order valence-electron chi connectivity index (χ1n) is 16.3. The summed E-state index contributed by atoms with van der Waals surface area (Å²) in [4.78, 5) is 68.3. The Morgan fingerprint density at radius 2 is 1.72 bits per heavy atom. The van der Waals surface area contributed by atoms with Crippen LogP contribution in [0.15, 0.2) is 51.2 Å². The van der Waals surface area contributed by atoms with Crippen LogP contribution >= 0.6 is 0 Å². The minimum atomic E-state index is -1.09. The zero-order valence-corrected chi connectivity index (χ0v) is 28.4. The van der Waals surface area contributed by atoms with Crippen LogP contribution in [0.25, 0.3) is 38.8 Å². The van der Waals surface area contributed by atoms with E-state index in [9.17, 15) is 19.2 Å². The number of hydrogen-bond acceptors (Lipinski definition) is 8. The number of nitrogens with one attached hydrogen (secondary N) is 2. The Labute approximate surface area is 284 Å². The summed E-state index contributed by atoms with van der Waals surface area (Å²) in [7, 11) is 0. The van der Waals surface area contributed by atoms with Crippen molar-refractivity contribution in [3.63, 3.8) is 0 Å². The van der Waals surface area contributed by atoms with Gasteiger partial charge in [0.2, 0.25) is 11.8 Å². The molecule has 2 aromatic carbocycles. The number of amides is 2. The summed E-state index contributed by atoms with van der Waals surface area (Å²) in [6.45, 7) is 14.5. The molecule has 7 rings (SSSR count). The number of aromatic nitrogens is 4. The second-order valence-corrected chi connectivity index (χ2v) is 13.5. The third-order valence-electron chi connectivity index (χ3n) is 9.60. The highest BCUT2D eigenvalue weighted by atomic mass is 19.1. The zero-order valence-electron chi connectivity index (χ0n) is 28.4. The summed E-state index contributed by atoms with van der Waals surface area (Å²) in [5.41, 5.74) is 0.147. The van der Waals surface area contributed by atoms with Crippen LogP contribution in [0.5, 0.6) is 0 Å². The number of hydrogen-bond donors (Lipinski definition) is 2. The van der Waals surface area contributed by atoms with Crippen LogP contribution in [0, 0.1) is 18.6 Å². The fourth-order valence-corrected chi connectivity index (χ4v) is 7.29. The van der Waals surface area contributed by atoms with Gasteiger partial charge in [-0.3, -0.25) is 23.9 Å². The number of aromatic amines is 1. The minimum absolute atomic E-state index is 0.00306. The molecule has 0 radical (unpaired) electrons. The van der Waals surface area contributed by atoms with E-state index in [0.717, 1.165) is 16.7 Å². The lowest BCUT2D eigenvalue weighted by atomic mass is 9.93. The molecule has 2 N–H and O–H groups in total. The van der Waals surface area contributed by atoms with Crippen molar-refractivity contribution in [2.24, 2.45) is 0 Å². The number of pyridine rings is 1. The van der Waals surface area contributed by atoms with Crippen LogP contribution in [-0.2, 0) is 9.59 Å². The third-order valence-corrected chi connectivity index (χ3v) is 9.60. The van der Waals surface area contributed by atoms with E-state index in [2.05, 4.69) is 26.8 Å². The number of anilines is 2. The van der Waals surface area contributed by atoms with Gasteiger partial charge in [0.05, 0.1) is 45.9 Å². The Bertz CT molecular complexity index is 2380. The van der Waals surface area contributed by atoms with E-state index in [1.807, 2.05) is 27.7 Å². The lowest BCUT2D eigenvalue weighted by Gasteiger charge is -2.48. The van der Waals surface area contributed by atoms with E-state index >= 15 is 8.78 Å². The highest BCUT2D eigenvalue weighted by Crippen LogP contribution is 2.45. The molecule has 0 saturated carbocycles. The number of benzene rings is 2. The summed E-state index contributed by atoms with van der Waals surface area (Å²) in [5, 5.41) is 2.73. The van der Waals surface area contributed by atoms with Crippen LogP contribution in [0.2, 0.25) is 0 Å². The molecular formula is C36H35F2N7O5. The average molecular weight is 684 g/mol. The van der Waals surface area contributed by atoms with Gasteiger partial charge in [0.1, 0.15) is 23.9 Å². The number of carbonyl (C=O) groups is 2. The zero-order chi connectivity index (χ0) is 35.9. The molecule has 0 bridgehead atoms. The maximum absolute atomic E-state index is 17.7. The van der Waals surface area contributed by atoms with E-state index in [4.69, 9.17) is 4.42 Å². The van der Waals surface area contributed by atoms with Gasteiger partial charge in [-0.05, 0) is 49.5 Å². The Morgan fingerprint density at radius 1 is 1.04 bits per heavy atom. The maximum atomic E-state index is 17.7. The molecule has 2 aliphatic heterocycles. The molecule has 1 fully saturated rings. The predicted molar refractivity (Wildman–Crippen MR) is 185 cm³/mol. The number of aryl methyl sites for hydroxylation is 1. The van der Waals surface area contributed by atoms with Crippen molar-refractivity contribution in [1.29, 1.82) is 0 Å². The number of halogens is 2. The molecule has 2 atom stereocenters. The number of carbonyl (C=O) groups excluding carboxylic acids is 2. The molecule has 2 unspecified atom stereocenters. The monoisotopic (exact) mass is 683 g/mol. The third kappa shape index (κ3) is 4.76. The van der Waals surface area contributed by atoms with Gasteiger partial charge in [-0.15, -0.1) is 0 Å². The van der Waals surface area contributed by atoms with Crippen molar-refractivity contribution in [3.8, 4) is 16.8 Å².